The van der Waals surface area contributed by atoms with Crippen LogP contribution in [0.2, 0.25) is 0 Å². The van der Waals surface area contributed by atoms with E-state index in [-0.39, 0.29) is 40.6 Å². The summed E-state index contributed by atoms with van der Waals surface area (Å²) in [5.41, 5.74) is 2.99. The molecule has 0 spiro atoms. The van der Waals surface area contributed by atoms with Crippen molar-refractivity contribution < 1.29 is 27.9 Å². The predicted octanol–water partition coefficient (Wildman–Crippen LogP) is 3.79. The van der Waals surface area contributed by atoms with Gasteiger partial charge in [-0.1, -0.05) is 42.5 Å². The number of carbonyl (C=O) groups is 2. The summed E-state index contributed by atoms with van der Waals surface area (Å²) >= 11 is 0. The normalized spacial score (nSPS) is 11.1. The quantitative estimate of drug-likeness (QED) is 0.470. The third-order valence-electron chi connectivity index (χ3n) is 5.36. The number of benzene rings is 3. The second-order valence-corrected chi connectivity index (χ2v) is 10.1. The molecule has 178 valence electrons. The molecule has 8 heteroatoms. The maximum Gasteiger partial charge on any atom is 0.335 e. The Morgan fingerprint density at radius 3 is 2.29 bits per heavy atom. The number of nitrogens with zero attached hydrogens (tertiary/aromatic N) is 1. The molecule has 3 aromatic carbocycles. The van der Waals surface area contributed by atoms with Crippen molar-refractivity contribution in [1.82, 2.24) is 0 Å². The van der Waals surface area contributed by atoms with Crippen molar-refractivity contribution >= 4 is 27.3 Å². The Bertz CT molecular complexity index is 1310. The molecule has 34 heavy (non-hydrogen) atoms. The standard InChI is InChI=1S/C26H27NO6S/c1-27(2)23-10-5-4-9-20(23)15-22(28)14-18-7-6-8-19(13-18)17-34(31,32)25-16-21(26(29)30)11-12-24(25)33-3/h4-13,16H,14-15,17H2,1-3H3,(H,29,30). The van der Waals surface area contributed by atoms with Crippen LogP contribution in [-0.4, -0.2) is 46.5 Å². The first-order valence-corrected chi connectivity index (χ1v) is 12.2. The van der Waals surface area contributed by atoms with Crippen molar-refractivity contribution in [2.45, 2.75) is 23.5 Å². The first-order valence-electron chi connectivity index (χ1n) is 10.6. The predicted molar refractivity (Wildman–Crippen MR) is 130 cm³/mol. The molecular formula is C26H27NO6S. The van der Waals surface area contributed by atoms with Crippen molar-refractivity contribution in [2.24, 2.45) is 0 Å². The number of methoxy groups -OCH3 is 1. The van der Waals surface area contributed by atoms with Crippen molar-refractivity contribution in [1.29, 1.82) is 0 Å². The first-order chi connectivity index (χ1) is 16.1. The zero-order chi connectivity index (χ0) is 24.9. The number of hydrogen-bond acceptors (Lipinski definition) is 6. The van der Waals surface area contributed by atoms with Gasteiger partial charge in [0, 0.05) is 32.6 Å². The number of rotatable bonds is 10. The molecule has 7 nitrogen and oxygen atoms in total. The van der Waals surface area contributed by atoms with Gasteiger partial charge in [0.2, 0.25) is 0 Å². The van der Waals surface area contributed by atoms with Gasteiger partial charge in [0.1, 0.15) is 16.4 Å². The van der Waals surface area contributed by atoms with Gasteiger partial charge in [0.15, 0.2) is 9.84 Å². The number of carbonyl (C=O) groups excluding carboxylic acids is 1. The minimum absolute atomic E-state index is 0.0186. The Hall–Kier alpha value is -3.65. The Morgan fingerprint density at radius 2 is 1.62 bits per heavy atom. The Balaban J connectivity index is 1.79. The molecule has 0 saturated heterocycles. The lowest BCUT2D eigenvalue weighted by molar-refractivity contribution is -0.117. The number of para-hydroxylation sites is 1. The number of sulfone groups is 1. The van der Waals surface area contributed by atoms with Gasteiger partial charge < -0.3 is 14.7 Å². The third-order valence-corrected chi connectivity index (χ3v) is 7.06. The second kappa shape index (κ2) is 10.5. The molecule has 0 bridgehead atoms. The minimum atomic E-state index is -3.90. The molecule has 1 N–H and O–H groups in total. The maximum atomic E-state index is 13.1. The maximum absolute atomic E-state index is 13.1. The summed E-state index contributed by atoms with van der Waals surface area (Å²) in [5.74, 6) is -1.48. The lowest BCUT2D eigenvalue weighted by atomic mass is 10.0. The zero-order valence-corrected chi connectivity index (χ0v) is 20.1. The SMILES string of the molecule is COc1ccc(C(=O)O)cc1S(=O)(=O)Cc1cccc(CC(=O)Cc2ccccc2N(C)C)c1. The van der Waals surface area contributed by atoms with Crippen molar-refractivity contribution in [3.63, 3.8) is 0 Å². The Labute approximate surface area is 199 Å². The summed E-state index contributed by atoms with van der Waals surface area (Å²) in [6.45, 7) is 0. The summed E-state index contributed by atoms with van der Waals surface area (Å²) in [6, 6.07) is 18.3. The third kappa shape index (κ3) is 6.02. The van der Waals surface area contributed by atoms with E-state index >= 15 is 0 Å². The van der Waals surface area contributed by atoms with E-state index in [4.69, 9.17) is 4.74 Å². The smallest absolute Gasteiger partial charge is 0.335 e. The number of Topliss-reactive ketones (excluding diaryl/α,β-unsaturated/α-hetero) is 1. The highest BCUT2D eigenvalue weighted by Gasteiger charge is 2.22. The number of ether oxygens (including phenoxy) is 1. The van der Waals surface area contributed by atoms with E-state index in [1.54, 1.807) is 24.3 Å². The van der Waals surface area contributed by atoms with Gasteiger partial charge in [0.05, 0.1) is 18.4 Å². The highest BCUT2D eigenvalue weighted by atomic mass is 32.2. The fraction of sp³-hybridized carbons (Fsp3) is 0.231. The topological polar surface area (TPSA) is 101 Å². The van der Waals surface area contributed by atoms with Crippen molar-refractivity contribution in [3.8, 4) is 5.75 Å². The molecule has 3 rings (SSSR count). The second-order valence-electron chi connectivity index (χ2n) is 8.17. The van der Waals surface area contributed by atoms with Crippen molar-refractivity contribution in [3.05, 3.63) is 89.0 Å². The van der Waals surface area contributed by atoms with E-state index in [1.807, 2.05) is 43.3 Å². The number of aromatic carboxylic acids is 1. The largest absolute Gasteiger partial charge is 0.495 e. The molecule has 0 unspecified atom stereocenters. The van der Waals surface area contributed by atoms with Crippen LogP contribution < -0.4 is 9.64 Å². The monoisotopic (exact) mass is 481 g/mol. The lowest BCUT2D eigenvalue weighted by Crippen LogP contribution is -2.14. The van der Waals surface area contributed by atoms with Crippen LogP contribution in [0.25, 0.3) is 0 Å². The molecule has 0 atom stereocenters. The fourth-order valence-electron chi connectivity index (χ4n) is 3.78. The van der Waals surface area contributed by atoms with Crippen LogP contribution in [-0.2, 0) is 33.2 Å². The fourth-order valence-corrected chi connectivity index (χ4v) is 5.32. The summed E-state index contributed by atoms with van der Waals surface area (Å²) in [7, 11) is 1.28. The molecule has 0 radical (unpaired) electrons. The Morgan fingerprint density at radius 1 is 0.912 bits per heavy atom. The molecule has 0 amide bonds. The van der Waals surface area contributed by atoms with E-state index in [9.17, 15) is 23.1 Å². The molecule has 0 heterocycles. The first kappa shape index (κ1) is 25.0. The van der Waals surface area contributed by atoms with Crippen LogP contribution in [0.5, 0.6) is 5.75 Å². The van der Waals surface area contributed by atoms with Crippen LogP contribution in [0.15, 0.2) is 71.6 Å². The van der Waals surface area contributed by atoms with E-state index in [2.05, 4.69) is 0 Å². The van der Waals surface area contributed by atoms with Gasteiger partial charge in [-0.3, -0.25) is 4.79 Å². The van der Waals surface area contributed by atoms with Gasteiger partial charge in [0.25, 0.3) is 0 Å². The number of ketones is 1. The van der Waals surface area contributed by atoms with E-state index < -0.39 is 15.8 Å². The molecular weight excluding hydrogens is 454 g/mol. The Kier molecular flexibility index (Phi) is 7.73. The van der Waals surface area contributed by atoms with Crippen LogP contribution in [0.1, 0.15) is 27.0 Å². The molecule has 3 aromatic rings. The van der Waals surface area contributed by atoms with Crippen LogP contribution in [0.3, 0.4) is 0 Å². The van der Waals surface area contributed by atoms with Gasteiger partial charge in [-0.05, 0) is 41.0 Å². The molecule has 0 aliphatic heterocycles. The highest BCUT2D eigenvalue weighted by Crippen LogP contribution is 2.28. The number of anilines is 1. The van der Waals surface area contributed by atoms with Gasteiger partial charge in [-0.2, -0.15) is 0 Å². The number of hydrogen-bond donors (Lipinski definition) is 1. The highest BCUT2D eigenvalue weighted by molar-refractivity contribution is 7.90. The van der Waals surface area contributed by atoms with Gasteiger partial charge in [-0.25, -0.2) is 13.2 Å². The number of carboxylic acid groups (broad SMARTS) is 1. The summed E-state index contributed by atoms with van der Waals surface area (Å²) in [6.07, 6.45) is 0.448. The van der Waals surface area contributed by atoms with Gasteiger partial charge >= 0.3 is 5.97 Å². The lowest BCUT2D eigenvalue weighted by Gasteiger charge is -2.17. The zero-order valence-electron chi connectivity index (χ0n) is 19.3. The molecule has 0 fully saturated rings. The molecule has 0 aliphatic carbocycles. The van der Waals surface area contributed by atoms with Crippen LogP contribution in [0.4, 0.5) is 5.69 Å². The van der Waals surface area contributed by atoms with E-state index in [1.165, 1.54) is 19.2 Å². The average molecular weight is 482 g/mol. The summed E-state index contributed by atoms with van der Waals surface area (Å²) in [4.78, 5) is 25.8. The summed E-state index contributed by atoms with van der Waals surface area (Å²) in [5, 5.41) is 9.23. The molecule has 0 saturated carbocycles. The van der Waals surface area contributed by atoms with Crippen LogP contribution >= 0.6 is 0 Å². The van der Waals surface area contributed by atoms with Gasteiger partial charge in [-0.15, -0.1) is 0 Å². The van der Waals surface area contributed by atoms with Crippen LogP contribution in [0, 0.1) is 0 Å². The van der Waals surface area contributed by atoms with E-state index in [0.717, 1.165) is 17.3 Å². The molecule has 0 aromatic heterocycles. The van der Waals surface area contributed by atoms with E-state index in [0.29, 0.717) is 11.1 Å². The minimum Gasteiger partial charge on any atom is -0.495 e. The average Bonchev–Trinajstić information content (AvgIpc) is 2.78. The summed E-state index contributed by atoms with van der Waals surface area (Å²) < 4.78 is 31.3. The number of carboxylic acids is 1. The van der Waals surface area contributed by atoms with Crippen molar-refractivity contribution in [2.75, 3.05) is 26.1 Å². The molecule has 0 aliphatic rings.